The van der Waals surface area contributed by atoms with Gasteiger partial charge in [0.25, 0.3) is 21.6 Å². The Hall–Kier alpha value is -4.25. The highest BCUT2D eigenvalue weighted by Gasteiger charge is 2.23. The van der Waals surface area contributed by atoms with E-state index in [2.05, 4.69) is 5.32 Å². The fourth-order valence-electron chi connectivity index (χ4n) is 2.97. The molecule has 1 N–H and O–H groups in total. The largest absolute Gasteiger partial charge is 0.452 e. The zero-order chi connectivity index (χ0) is 24.9. The first-order valence-corrected chi connectivity index (χ1v) is 11.4. The van der Waals surface area contributed by atoms with Crippen LogP contribution in [0.15, 0.2) is 77.7 Å². The summed E-state index contributed by atoms with van der Waals surface area (Å²) in [5.41, 5.74) is 1.01. The number of rotatable bonds is 8. The number of aryl methyl sites for hydroxylation is 1. The maximum atomic E-state index is 13.0. The lowest BCUT2D eigenvalue weighted by atomic mass is 10.2. The highest BCUT2D eigenvalue weighted by atomic mass is 32.2. The summed E-state index contributed by atoms with van der Waals surface area (Å²) in [6.07, 6.45) is 0. The summed E-state index contributed by atoms with van der Waals surface area (Å²) >= 11 is 0. The van der Waals surface area contributed by atoms with Crippen LogP contribution in [0.4, 0.5) is 17.1 Å². The van der Waals surface area contributed by atoms with Crippen LogP contribution in [0.1, 0.15) is 15.9 Å². The number of esters is 1. The van der Waals surface area contributed by atoms with E-state index in [1.807, 2.05) is 6.92 Å². The van der Waals surface area contributed by atoms with Crippen LogP contribution >= 0.6 is 0 Å². The van der Waals surface area contributed by atoms with Crippen molar-refractivity contribution < 1.29 is 27.7 Å². The van der Waals surface area contributed by atoms with Crippen molar-refractivity contribution in [3.63, 3.8) is 0 Å². The average Bonchev–Trinajstić information content (AvgIpc) is 2.82. The minimum Gasteiger partial charge on any atom is -0.452 e. The minimum atomic E-state index is -3.96. The number of nitro benzene ring substituents is 1. The van der Waals surface area contributed by atoms with E-state index in [1.54, 1.807) is 24.3 Å². The Morgan fingerprint density at radius 2 is 1.71 bits per heavy atom. The zero-order valence-corrected chi connectivity index (χ0v) is 19.1. The Morgan fingerprint density at radius 1 is 1.03 bits per heavy atom. The molecule has 0 spiro atoms. The molecule has 0 radical (unpaired) electrons. The highest BCUT2D eigenvalue weighted by molar-refractivity contribution is 7.92. The number of benzene rings is 3. The Kier molecular flexibility index (Phi) is 7.27. The number of nitro groups is 1. The molecule has 0 fully saturated rings. The summed E-state index contributed by atoms with van der Waals surface area (Å²) in [4.78, 5) is 34.8. The lowest BCUT2D eigenvalue weighted by Gasteiger charge is -2.20. The van der Waals surface area contributed by atoms with Gasteiger partial charge in [0.1, 0.15) is 5.69 Å². The molecule has 0 atom stereocenters. The van der Waals surface area contributed by atoms with Gasteiger partial charge < -0.3 is 10.1 Å². The van der Waals surface area contributed by atoms with Crippen LogP contribution in [0.5, 0.6) is 0 Å². The van der Waals surface area contributed by atoms with Gasteiger partial charge in [0, 0.05) is 13.1 Å². The quantitative estimate of drug-likeness (QED) is 0.294. The predicted molar refractivity (Wildman–Crippen MR) is 125 cm³/mol. The third kappa shape index (κ3) is 5.56. The summed E-state index contributed by atoms with van der Waals surface area (Å²) in [6.45, 7) is 1.17. The molecule has 0 heterocycles. The maximum absolute atomic E-state index is 13.0. The molecule has 0 aliphatic rings. The van der Waals surface area contributed by atoms with Crippen molar-refractivity contribution in [1.82, 2.24) is 0 Å². The molecule has 1 amide bonds. The van der Waals surface area contributed by atoms with Gasteiger partial charge in [-0.3, -0.25) is 19.2 Å². The van der Waals surface area contributed by atoms with Crippen molar-refractivity contribution >= 4 is 39.0 Å². The van der Waals surface area contributed by atoms with Crippen LogP contribution in [0, 0.1) is 17.0 Å². The van der Waals surface area contributed by atoms with Crippen LogP contribution in [0.3, 0.4) is 0 Å². The van der Waals surface area contributed by atoms with Gasteiger partial charge in [0.05, 0.1) is 21.1 Å². The average molecular weight is 484 g/mol. The molecule has 0 aliphatic carbocycles. The first-order chi connectivity index (χ1) is 16.1. The Balaban J connectivity index is 1.69. The summed E-state index contributed by atoms with van der Waals surface area (Å²) < 4.78 is 32.1. The van der Waals surface area contributed by atoms with Crippen molar-refractivity contribution in [1.29, 1.82) is 0 Å². The molecule has 0 saturated carbocycles. The van der Waals surface area contributed by atoms with Gasteiger partial charge >= 0.3 is 5.97 Å². The summed E-state index contributed by atoms with van der Waals surface area (Å²) in [6, 6.07) is 17.7. The molecule has 34 heavy (non-hydrogen) atoms. The molecule has 176 valence electrons. The van der Waals surface area contributed by atoms with E-state index in [1.165, 1.54) is 49.5 Å². The molecule has 3 aromatic carbocycles. The van der Waals surface area contributed by atoms with Crippen molar-refractivity contribution in [3.8, 4) is 0 Å². The first kappa shape index (κ1) is 24.4. The fourth-order valence-corrected chi connectivity index (χ4v) is 4.22. The van der Waals surface area contributed by atoms with E-state index in [0.29, 0.717) is 5.69 Å². The zero-order valence-electron chi connectivity index (χ0n) is 18.3. The van der Waals surface area contributed by atoms with E-state index in [4.69, 9.17) is 4.74 Å². The normalized spacial score (nSPS) is 10.9. The predicted octanol–water partition coefficient (Wildman–Crippen LogP) is 3.52. The van der Waals surface area contributed by atoms with Crippen LogP contribution in [0.25, 0.3) is 0 Å². The third-order valence-electron chi connectivity index (χ3n) is 4.83. The molecule has 11 heteroatoms. The second-order valence-electron chi connectivity index (χ2n) is 7.23. The molecule has 0 unspecified atom stereocenters. The van der Waals surface area contributed by atoms with Gasteiger partial charge in [0.2, 0.25) is 0 Å². The van der Waals surface area contributed by atoms with Gasteiger partial charge in [-0.15, -0.1) is 0 Å². The summed E-state index contributed by atoms with van der Waals surface area (Å²) in [5, 5.41) is 13.3. The van der Waals surface area contributed by atoms with E-state index < -0.39 is 33.4 Å². The molecule has 3 rings (SSSR count). The number of para-hydroxylation sites is 2. The Bertz CT molecular complexity index is 1340. The number of ether oxygens (including phenoxy) is 1. The smallest absolute Gasteiger partial charge is 0.338 e. The number of hydrogen-bond donors (Lipinski definition) is 1. The van der Waals surface area contributed by atoms with Gasteiger partial charge in [-0.25, -0.2) is 13.2 Å². The van der Waals surface area contributed by atoms with Crippen LogP contribution in [-0.4, -0.2) is 38.9 Å². The molecule has 0 saturated heterocycles. The van der Waals surface area contributed by atoms with Crippen LogP contribution < -0.4 is 9.62 Å². The topological polar surface area (TPSA) is 136 Å². The van der Waals surface area contributed by atoms with E-state index in [9.17, 15) is 28.1 Å². The summed E-state index contributed by atoms with van der Waals surface area (Å²) in [5.74, 6) is -1.71. The van der Waals surface area contributed by atoms with Crippen LogP contribution in [-0.2, 0) is 19.6 Å². The SMILES string of the molecule is Cc1ccc(N(C)S(=O)(=O)c2cccc(C(=O)OCC(=O)Nc3ccccc3[N+](=O)[O-])c2)cc1. The van der Waals surface area contributed by atoms with Gasteiger partial charge in [-0.2, -0.15) is 0 Å². The molecule has 10 nitrogen and oxygen atoms in total. The van der Waals surface area contributed by atoms with Gasteiger partial charge in [-0.05, 0) is 43.3 Å². The Morgan fingerprint density at radius 3 is 2.38 bits per heavy atom. The number of nitrogens with zero attached hydrogens (tertiary/aromatic N) is 2. The van der Waals surface area contributed by atoms with E-state index >= 15 is 0 Å². The molecule has 0 bridgehead atoms. The van der Waals surface area contributed by atoms with Gasteiger partial charge in [0.15, 0.2) is 6.61 Å². The maximum Gasteiger partial charge on any atom is 0.338 e. The van der Waals surface area contributed by atoms with Crippen LogP contribution in [0.2, 0.25) is 0 Å². The van der Waals surface area contributed by atoms with E-state index in [0.717, 1.165) is 15.9 Å². The number of hydrogen-bond acceptors (Lipinski definition) is 7. The van der Waals surface area contributed by atoms with Crippen molar-refractivity contribution in [2.24, 2.45) is 0 Å². The molecule has 3 aromatic rings. The number of carbonyl (C=O) groups excluding carboxylic acids is 2. The van der Waals surface area contributed by atoms with Crippen molar-refractivity contribution in [2.45, 2.75) is 11.8 Å². The Labute approximate surface area is 196 Å². The van der Waals surface area contributed by atoms with Crippen molar-refractivity contribution in [3.05, 3.63) is 94.0 Å². The minimum absolute atomic E-state index is 0.0409. The number of sulfonamides is 1. The molecular formula is C23H21N3O7S. The first-order valence-electron chi connectivity index (χ1n) is 9.95. The number of anilines is 2. The van der Waals surface area contributed by atoms with Gasteiger partial charge in [-0.1, -0.05) is 35.9 Å². The fraction of sp³-hybridized carbons (Fsp3) is 0.130. The molecule has 0 aliphatic heterocycles. The number of carbonyl (C=O) groups is 2. The van der Waals surface area contributed by atoms with E-state index in [-0.39, 0.29) is 21.8 Å². The monoisotopic (exact) mass is 483 g/mol. The van der Waals surface area contributed by atoms with Crippen molar-refractivity contribution in [2.75, 3.05) is 23.3 Å². The number of amides is 1. The molecule has 0 aromatic heterocycles. The standard InChI is InChI=1S/C23H21N3O7S/c1-16-10-12-18(13-11-16)25(2)34(31,32)19-7-5-6-17(14-19)23(28)33-15-22(27)24-20-8-3-4-9-21(20)26(29)30/h3-14H,15H2,1-2H3,(H,24,27). The summed E-state index contributed by atoms with van der Waals surface area (Å²) in [7, 11) is -2.56. The lowest BCUT2D eigenvalue weighted by Crippen LogP contribution is -2.27. The molecular weight excluding hydrogens is 462 g/mol. The second kappa shape index (κ2) is 10.1. The lowest BCUT2D eigenvalue weighted by molar-refractivity contribution is -0.383. The number of nitrogens with one attached hydrogen (secondary N) is 1. The highest BCUT2D eigenvalue weighted by Crippen LogP contribution is 2.24. The third-order valence-corrected chi connectivity index (χ3v) is 6.62. The second-order valence-corrected chi connectivity index (χ2v) is 9.20.